The van der Waals surface area contributed by atoms with Gasteiger partial charge in [0.05, 0.1) is 22.6 Å². The van der Waals surface area contributed by atoms with Gasteiger partial charge in [-0.1, -0.05) is 29.8 Å². The van der Waals surface area contributed by atoms with Crippen molar-refractivity contribution in [1.82, 2.24) is 0 Å². The summed E-state index contributed by atoms with van der Waals surface area (Å²) < 4.78 is 39.9. The lowest BCUT2D eigenvalue weighted by Gasteiger charge is -2.23. The third-order valence-electron chi connectivity index (χ3n) is 5.71. The number of aryl methyl sites for hydroxylation is 1. The first kappa shape index (κ1) is 24.1. The number of para-hydroxylation sites is 1. The average Bonchev–Trinajstić information content (AvgIpc) is 3.33. The van der Waals surface area contributed by atoms with Gasteiger partial charge >= 0.3 is 12.2 Å². The maximum Gasteiger partial charge on any atom is 0.418 e. The minimum atomic E-state index is -4.61. The Kier molecular flexibility index (Phi) is 6.95. The number of benzene rings is 3. The van der Waals surface area contributed by atoms with Crippen LogP contribution in [0, 0.1) is 6.92 Å². The van der Waals surface area contributed by atoms with Crippen molar-refractivity contribution in [1.29, 1.82) is 0 Å². The van der Waals surface area contributed by atoms with Gasteiger partial charge < -0.3 is 20.9 Å². The van der Waals surface area contributed by atoms with Crippen LogP contribution in [0.25, 0.3) is 0 Å². The number of hydrogen-bond acceptors (Lipinski definition) is 3. The molecule has 182 valence electrons. The van der Waals surface area contributed by atoms with Crippen LogP contribution < -0.4 is 20.9 Å². The van der Waals surface area contributed by atoms with Crippen LogP contribution in [-0.2, 0) is 6.18 Å². The van der Waals surface area contributed by atoms with E-state index in [1.165, 1.54) is 18.2 Å². The predicted molar refractivity (Wildman–Crippen MR) is 131 cm³/mol. The minimum absolute atomic E-state index is 0.308. The second-order valence-corrected chi connectivity index (χ2v) is 8.37. The van der Waals surface area contributed by atoms with E-state index >= 15 is 0 Å². The monoisotopic (exact) mass is 482 g/mol. The smallest absolute Gasteiger partial charge is 0.370 e. The summed E-state index contributed by atoms with van der Waals surface area (Å²) in [6.45, 7) is 3.48. The zero-order chi connectivity index (χ0) is 25.0. The van der Waals surface area contributed by atoms with Crippen LogP contribution >= 0.6 is 0 Å². The number of nitrogens with one attached hydrogen (secondary N) is 3. The summed E-state index contributed by atoms with van der Waals surface area (Å²) in [6, 6.07) is 16.2. The first-order valence-corrected chi connectivity index (χ1v) is 11.2. The standard InChI is InChI=1S/C26H25F3N4O2/c1-17-7-6-8-18(15-17)24(34)30-19-11-12-23(33-13-4-5-14-33)22(16-19)32-25(35)31-21-10-3-2-9-20(21)26(27,28)29/h2-3,6-12,15-16H,4-5,13-14H2,1H3,(H,30,34)(H2,31,32,35). The molecule has 0 aliphatic carbocycles. The van der Waals surface area contributed by atoms with Crippen LogP contribution in [0.15, 0.2) is 66.7 Å². The van der Waals surface area contributed by atoms with Gasteiger partial charge in [-0.25, -0.2) is 4.79 Å². The van der Waals surface area contributed by atoms with E-state index < -0.39 is 17.8 Å². The molecule has 3 N–H and O–H groups in total. The fraction of sp³-hybridized carbons (Fsp3) is 0.231. The Morgan fingerprint density at radius 1 is 0.829 bits per heavy atom. The highest BCUT2D eigenvalue weighted by atomic mass is 19.4. The van der Waals surface area contributed by atoms with E-state index in [0.717, 1.165) is 43.2 Å². The molecule has 1 heterocycles. The Labute approximate surface area is 201 Å². The number of amides is 3. The molecule has 0 aromatic heterocycles. The molecule has 0 saturated carbocycles. The maximum atomic E-state index is 13.3. The lowest BCUT2D eigenvalue weighted by Crippen LogP contribution is -2.25. The minimum Gasteiger partial charge on any atom is -0.370 e. The molecular formula is C26H25F3N4O2. The fourth-order valence-electron chi connectivity index (χ4n) is 4.05. The molecule has 0 unspecified atom stereocenters. The van der Waals surface area contributed by atoms with E-state index in [0.29, 0.717) is 16.9 Å². The fourth-order valence-corrected chi connectivity index (χ4v) is 4.05. The van der Waals surface area contributed by atoms with Crippen molar-refractivity contribution in [2.45, 2.75) is 25.9 Å². The zero-order valence-corrected chi connectivity index (χ0v) is 19.1. The van der Waals surface area contributed by atoms with Gasteiger partial charge in [-0.3, -0.25) is 4.79 Å². The Balaban J connectivity index is 1.57. The first-order chi connectivity index (χ1) is 16.7. The van der Waals surface area contributed by atoms with Gasteiger partial charge in [0, 0.05) is 24.3 Å². The predicted octanol–water partition coefficient (Wildman–Crippen LogP) is 6.51. The number of halogens is 3. The third-order valence-corrected chi connectivity index (χ3v) is 5.71. The molecule has 0 spiro atoms. The summed E-state index contributed by atoms with van der Waals surface area (Å²) in [7, 11) is 0. The van der Waals surface area contributed by atoms with E-state index in [9.17, 15) is 22.8 Å². The summed E-state index contributed by atoms with van der Waals surface area (Å²) in [6.07, 6.45) is -2.61. The molecule has 4 rings (SSSR count). The van der Waals surface area contributed by atoms with Gasteiger partial charge in [0.2, 0.25) is 0 Å². The summed E-state index contributed by atoms with van der Waals surface area (Å²) in [5.74, 6) is -0.308. The summed E-state index contributed by atoms with van der Waals surface area (Å²) in [5.41, 5.74) is 1.72. The molecule has 1 saturated heterocycles. The van der Waals surface area contributed by atoms with Crippen molar-refractivity contribution >= 4 is 34.7 Å². The molecule has 3 aromatic carbocycles. The van der Waals surface area contributed by atoms with Crippen LogP contribution in [0.1, 0.15) is 34.3 Å². The van der Waals surface area contributed by atoms with Gasteiger partial charge in [-0.2, -0.15) is 13.2 Å². The Morgan fingerprint density at radius 2 is 1.54 bits per heavy atom. The Morgan fingerprint density at radius 3 is 2.26 bits per heavy atom. The number of anilines is 4. The number of alkyl halides is 3. The van der Waals surface area contributed by atoms with Crippen molar-refractivity contribution in [3.05, 3.63) is 83.4 Å². The van der Waals surface area contributed by atoms with Gasteiger partial charge in [0.25, 0.3) is 5.91 Å². The first-order valence-electron chi connectivity index (χ1n) is 11.2. The number of nitrogens with zero attached hydrogens (tertiary/aromatic N) is 1. The molecule has 1 aliphatic rings. The highest BCUT2D eigenvalue weighted by Crippen LogP contribution is 2.35. The van der Waals surface area contributed by atoms with E-state index in [-0.39, 0.29) is 11.6 Å². The lowest BCUT2D eigenvalue weighted by atomic mass is 10.1. The van der Waals surface area contributed by atoms with Crippen LogP contribution in [0.3, 0.4) is 0 Å². The number of carbonyl (C=O) groups excluding carboxylic acids is 2. The number of hydrogen-bond donors (Lipinski definition) is 3. The molecule has 9 heteroatoms. The summed E-state index contributed by atoms with van der Waals surface area (Å²) >= 11 is 0. The topological polar surface area (TPSA) is 73.5 Å². The second-order valence-electron chi connectivity index (χ2n) is 8.37. The molecule has 3 amide bonds. The van der Waals surface area contributed by atoms with Gasteiger partial charge in [0.1, 0.15) is 0 Å². The van der Waals surface area contributed by atoms with E-state index in [1.54, 1.807) is 36.4 Å². The second kappa shape index (κ2) is 10.1. The van der Waals surface area contributed by atoms with Crippen molar-refractivity contribution < 1.29 is 22.8 Å². The highest BCUT2D eigenvalue weighted by Gasteiger charge is 2.33. The van der Waals surface area contributed by atoms with Crippen LogP contribution in [0.5, 0.6) is 0 Å². The van der Waals surface area contributed by atoms with E-state index in [2.05, 4.69) is 20.9 Å². The number of carbonyl (C=O) groups is 2. The van der Waals surface area contributed by atoms with E-state index in [4.69, 9.17) is 0 Å². The largest absolute Gasteiger partial charge is 0.418 e. The molecule has 35 heavy (non-hydrogen) atoms. The zero-order valence-electron chi connectivity index (χ0n) is 19.1. The molecule has 1 fully saturated rings. The Hall–Kier alpha value is -4.01. The third kappa shape index (κ3) is 5.92. The van der Waals surface area contributed by atoms with E-state index in [1.807, 2.05) is 13.0 Å². The van der Waals surface area contributed by atoms with Crippen LogP contribution in [0.4, 0.5) is 40.7 Å². The van der Waals surface area contributed by atoms with Crippen molar-refractivity contribution in [3.63, 3.8) is 0 Å². The van der Waals surface area contributed by atoms with Crippen LogP contribution in [0.2, 0.25) is 0 Å². The van der Waals surface area contributed by atoms with Gasteiger partial charge in [0.15, 0.2) is 0 Å². The van der Waals surface area contributed by atoms with Crippen molar-refractivity contribution in [3.8, 4) is 0 Å². The molecule has 0 radical (unpaired) electrons. The van der Waals surface area contributed by atoms with Gasteiger partial charge in [-0.15, -0.1) is 0 Å². The highest BCUT2D eigenvalue weighted by molar-refractivity contribution is 6.06. The molecule has 0 atom stereocenters. The summed E-state index contributed by atoms with van der Waals surface area (Å²) in [4.78, 5) is 27.5. The molecule has 0 bridgehead atoms. The van der Waals surface area contributed by atoms with Crippen molar-refractivity contribution in [2.24, 2.45) is 0 Å². The van der Waals surface area contributed by atoms with Crippen LogP contribution in [-0.4, -0.2) is 25.0 Å². The normalized spacial score (nSPS) is 13.4. The number of urea groups is 1. The Bertz CT molecular complexity index is 1240. The SMILES string of the molecule is Cc1cccc(C(=O)Nc2ccc(N3CCCC3)c(NC(=O)Nc3ccccc3C(F)(F)F)c2)c1. The molecule has 6 nitrogen and oxygen atoms in total. The maximum absolute atomic E-state index is 13.3. The molecule has 3 aromatic rings. The molecule has 1 aliphatic heterocycles. The van der Waals surface area contributed by atoms with Gasteiger partial charge in [-0.05, 0) is 62.2 Å². The molecular weight excluding hydrogens is 457 g/mol. The number of rotatable bonds is 5. The lowest BCUT2D eigenvalue weighted by molar-refractivity contribution is -0.136. The van der Waals surface area contributed by atoms with Crippen molar-refractivity contribution in [2.75, 3.05) is 33.9 Å². The summed E-state index contributed by atoms with van der Waals surface area (Å²) in [5, 5.41) is 7.78. The average molecular weight is 483 g/mol. The quantitative estimate of drug-likeness (QED) is 0.388.